The third-order valence-electron chi connectivity index (χ3n) is 4.02. The van der Waals surface area contributed by atoms with E-state index >= 15 is 0 Å². The largest absolute Gasteiger partial charge is 0.437 e. The molecule has 3 rings (SSSR count). The lowest BCUT2D eigenvalue weighted by Crippen LogP contribution is -2.04. The van der Waals surface area contributed by atoms with Gasteiger partial charge in [-0.3, -0.25) is 4.79 Å². The number of aromatic nitrogens is 2. The number of nitrogens with one attached hydrogen (secondary N) is 1. The molecule has 1 N–H and O–H groups in total. The second-order valence-corrected chi connectivity index (χ2v) is 6.93. The van der Waals surface area contributed by atoms with E-state index in [-0.39, 0.29) is 17.5 Å². The van der Waals surface area contributed by atoms with Gasteiger partial charge in [-0.1, -0.05) is 0 Å². The number of carbonyl (C=O) groups is 1. The number of benzene rings is 2. The molecule has 0 saturated carbocycles. The van der Waals surface area contributed by atoms with Gasteiger partial charge in [0.2, 0.25) is 11.8 Å². The SMILES string of the molecule is Cc1cc(C#N)cc(C)c1Oc1nc(Nc2ccc(C#N)cc2)nc(C=O)c1Br. The van der Waals surface area contributed by atoms with Crippen LogP contribution in [0.1, 0.15) is 32.7 Å². The summed E-state index contributed by atoms with van der Waals surface area (Å²) in [6.45, 7) is 3.66. The van der Waals surface area contributed by atoms with Crippen LogP contribution < -0.4 is 10.1 Å². The zero-order valence-electron chi connectivity index (χ0n) is 15.5. The van der Waals surface area contributed by atoms with E-state index < -0.39 is 0 Å². The molecule has 0 bridgehead atoms. The Morgan fingerprint density at radius 3 is 2.21 bits per heavy atom. The quantitative estimate of drug-likeness (QED) is 0.550. The Labute approximate surface area is 175 Å². The fraction of sp³-hybridized carbons (Fsp3) is 0.0952. The van der Waals surface area contributed by atoms with E-state index in [2.05, 4.69) is 37.3 Å². The van der Waals surface area contributed by atoms with Crippen molar-refractivity contribution < 1.29 is 9.53 Å². The highest BCUT2D eigenvalue weighted by Gasteiger charge is 2.17. The molecule has 8 heteroatoms. The van der Waals surface area contributed by atoms with Crippen LogP contribution in [0.15, 0.2) is 40.9 Å². The highest BCUT2D eigenvalue weighted by atomic mass is 79.9. The van der Waals surface area contributed by atoms with Crippen LogP contribution in [0.2, 0.25) is 0 Å². The van der Waals surface area contributed by atoms with Gasteiger partial charge in [-0.15, -0.1) is 0 Å². The Balaban J connectivity index is 1.99. The Morgan fingerprint density at radius 1 is 1.03 bits per heavy atom. The highest BCUT2D eigenvalue weighted by Crippen LogP contribution is 2.34. The molecule has 7 nitrogen and oxygen atoms in total. The molecular formula is C21H14BrN5O2. The first kappa shape index (κ1) is 20.0. The van der Waals surface area contributed by atoms with Gasteiger partial charge < -0.3 is 10.1 Å². The third kappa shape index (κ3) is 4.40. The van der Waals surface area contributed by atoms with Crippen molar-refractivity contribution >= 4 is 33.9 Å². The Morgan fingerprint density at radius 2 is 1.66 bits per heavy atom. The fourth-order valence-electron chi connectivity index (χ4n) is 2.67. The van der Waals surface area contributed by atoms with Crippen LogP contribution in [0.5, 0.6) is 11.6 Å². The molecule has 0 aliphatic rings. The van der Waals surface area contributed by atoms with E-state index in [9.17, 15) is 4.79 Å². The Kier molecular flexibility index (Phi) is 5.87. The molecule has 3 aromatic rings. The maximum atomic E-state index is 11.5. The lowest BCUT2D eigenvalue weighted by molar-refractivity contribution is 0.111. The maximum Gasteiger partial charge on any atom is 0.239 e. The zero-order valence-corrected chi connectivity index (χ0v) is 17.1. The van der Waals surface area contributed by atoms with Crippen LogP contribution in [0.3, 0.4) is 0 Å². The van der Waals surface area contributed by atoms with Crippen LogP contribution in [0.25, 0.3) is 0 Å². The van der Waals surface area contributed by atoms with E-state index in [0.717, 1.165) is 11.1 Å². The summed E-state index contributed by atoms with van der Waals surface area (Å²) in [5.41, 5.74) is 3.36. The van der Waals surface area contributed by atoms with E-state index in [4.69, 9.17) is 15.3 Å². The molecule has 1 aromatic heterocycles. The lowest BCUT2D eigenvalue weighted by Gasteiger charge is -2.14. The van der Waals surface area contributed by atoms with Gasteiger partial charge in [0, 0.05) is 5.69 Å². The Bertz CT molecular complexity index is 1150. The van der Waals surface area contributed by atoms with Gasteiger partial charge in [-0.2, -0.15) is 15.5 Å². The number of hydrogen-bond acceptors (Lipinski definition) is 7. The molecule has 29 heavy (non-hydrogen) atoms. The molecule has 0 spiro atoms. The minimum atomic E-state index is 0.120. The molecule has 0 fully saturated rings. The van der Waals surface area contributed by atoms with E-state index in [1.165, 1.54) is 0 Å². The van der Waals surface area contributed by atoms with Gasteiger partial charge in [0.25, 0.3) is 0 Å². The number of anilines is 2. The molecule has 1 heterocycles. The zero-order chi connectivity index (χ0) is 21.0. The van der Waals surface area contributed by atoms with Crippen molar-refractivity contribution in [1.82, 2.24) is 9.97 Å². The molecule has 0 atom stereocenters. The smallest absolute Gasteiger partial charge is 0.239 e. The van der Waals surface area contributed by atoms with Gasteiger partial charge in [0.15, 0.2) is 6.29 Å². The number of ether oxygens (including phenoxy) is 1. The number of aldehydes is 1. The maximum absolute atomic E-state index is 11.5. The average molecular weight is 448 g/mol. The van der Waals surface area contributed by atoms with Crippen molar-refractivity contribution in [2.24, 2.45) is 0 Å². The number of hydrogen-bond donors (Lipinski definition) is 1. The van der Waals surface area contributed by atoms with Gasteiger partial charge in [0.05, 0.1) is 23.3 Å². The van der Waals surface area contributed by atoms with Crippen molar-refractivity contribution in [2.45, 2.75) is 13.8 Å². The van der Waals surface area contributed by atoms with E-state index in [0.29, 0.717) is 33.3 Å². The molecule has 0 aliphatic carbocycles. The minimum Gasteiger partial charge on any atom is -0.437 e. The summed E-state index contributed by atoms with van der Waals surface area (Å²) in [5.74, 6) is 0.873. The monoisotopic (exact) mass is 447 g/mol. The molecule has 0 unspecified atom stereocenters. The van der Waals surface area contributed by atoms with Gasteiger partial charge in [-0.25, -0.2) is 4.98 Å². The number of aryl methyl sites for hydroxylation is 2. The van der Waals surface area contributed by atoms with Crippen LogP contribution in [0.4, 0.5) is 11.6 Å². The number of nitrogens with zero attached hydrogens (tertiary/aromatic N) is 4. The summed E-state index contributed by atoms with van der Waals surface area (Å²) in [4.78, 5) is 20.0. The van der Waals surface area contributed by atoms with Gasteiger partial charge in [-0.05, 0) is 77.3 Å². The first-order valence-electron chi connectivity index (χ1n) is 8.44. The predicted molar refractivity (Wildman–Crippen MR) is 110 cm³/mol. The normalized spacial score (nSPS) is 9.97. The first-order chi connectivity index (χ1) is 13.9. The molecule has 0 radical (unpaired) electrons. The number of nitriles is 2. The summed E-state index contributed by atoms with van der Waals surface area (Å²) in [6, 6.07) is 14.3. The van der Waals surface area contributed by atoms with Gasteiger partial charge in [0.1, 0.15) is 15.9 Å². The summed E-state index contributed by atoms with van der Waals surface area (Å²) < 4.78 is 6.30. The number of halogens is 1. The van der Waals surface area contributed by atoms with E-state index in [1.807, 2.05) is 19.9 Å². The Hall–Kier alpha value is -3.75. The van der Waals surface area contributed by atoms with E-state index in [1.54, 1.807) is 36.4 Å². The van der Waals surface area contributed by atoms with Gasteiger partial charge >= 0.3 is 0 Å². The topological polar surface area (TPSA) is 112 Å². The third-order valence-corrected chi connectivity index (χ3v) is 4.76. The van der Waals surface area contributed by atoms with Crippen LogP contribution in [-0.4, -0.2) is 16.3 Å². The molecule has 2 aromatic carbocycles. The lowest BCUT2D eigenvalue weighted by atomic mass is 10.1. The highest BCUT2D eigenvalue weighted by molar-refractivity contribution is 9.10. The number of carbonyl (C=O) groups excluding carboxylic acids is 1. The summed E-state index contributed by atoms with van der Waals surface area (Å²) in [7, 11) is 0. The van der Waals surface area contributed by atoms with Crippen molar-refractivity contribution in [2.75, 3.05) is 5.32 Å². The van der Waals surface area contributed by atoms with Crippen molar-refractivity contribution in [3.05, 3.63) is 68.8 Å². The van der Waals surface area contributed by atoms with Crippen LogP contribution in [0, 0.1) is 36.5 Å². The predicted octanol–water partition coefficient (Wildman–Crippen LogP) is 4.95. The first-order valence-corrected chi connectivity index (χ1v) is 9.23. The molecule has 142 valence electrons. The second kappa shape index (κ2) is 8.51. The van der Waals surface area contributed by atoms with Crippen LogP contribution >= 0.6 is 15.9 Å². The number of rotatable bonds is 5. The van der Waals surface area contributed by atoms with Crippen molar-refractivity contribution in [1.29, 1.82) is 10.5 Å². The average Bonchev–Trinajstić information content (AvgIpc) is 2.72. The summed E-state index contributed by atoms with van der Waals surface area (Å²) in [6.07, 6.45) is 0.598. The minimum absolute atomic E-state index is 0.120. The molecule has 0 saturated heterocycles. The standard InChI is InChI=1S/C21H14BrN5O2/c1-12-7-15(10-24)8-13(2)19(12)29-20-18(22)17(11-28)26-21(27-20)25-16-5-3-14(9-23)4-6-16/h3-8,11H,1-2H3,(H,25,26,27). The molecule has 0 amide bonds. The van der Waals surface area contributed by atoms with Crippen LogP contribution in [-0.2, 0) is 0 Å². The summed E-state index contributed by atoms with van der Waals surface area (Å²) >= 11 is 3.32. The molecule has 0 aliphatic heterocycles. The fourth-order valence-corrected chi connectivity index (χ4v) is 3.03. The second-order valence-electron chi connectivity index (χ2n) is 6.14. The molecular weight excluding hydrogens is 434 g/mol. The summed E-state index contributed by atoms with van der Waals surface area (Å²) in [5, 5.41) is 21.0. The van der Waals surface area contributed by atoms with Crippen molar-refractivity contribution in [3.8, 4) is 23.8 Å². The van der Waals surface area contributed by atoms with Crippen molar-refractivity contribution in [3.63, 3.8) is 0 Å².